The van der Waals surface area contributed by atoms with Crippen LogP contribution in [-0.2, 0) is 4.79 Å². The Bertz CT molecular complexity index is 802. The van der Waals surface area contributed by atoms with E-state index < -0.39 is 0 Å². The molecule has 1 atom stereocenters. The van der Waals surface area contributed by atoms with E-state index in [1.54, 1.807) is 7.11 Å². The van der Waals surface area contributed by atoms with Gasteiger partial charge in [-0.3, -0.25) is 9.59 Å². The number of benzene rings is 1. The minimum absolute atomic E-state index is 0.132. The van der Waals surface area contributed by atoms with Crippen LogP contribution in [0.2, 0.25) is 0 Å². The highest BCUT2D eigenvalue weighted by Crippen LogP contribution is 2.35. The number of hydrogen-bond donors (Lipinski definition) is 2. The van der Waals surface area contributed by atoms with Crippen LogP contribution in [0.5, 0.6) is 5.75 Å². The first-order chi connectivity index (χ1) is 11.6. The summed E-state index contributed by atoms with van der Waals surface area (Å²) < 4.78 is 5.16. The summed E-state index contributed by atoms with van der Waals surface area (Å²) in [5.41, 5.74) is 1.22. The molecule has 0 fully saturated rings. The van der Waals surface area contributed by atoms with E-state index >= 15 is 0 Å². The van der Waals surface area contributed by atoms with Gasteiger partial charge in [0.2, 0.25) is 5.91 Å². The van der Waals surface area contributed by atoms with Crippen molar-refractivity contribution in [1.82, 2.24) is 9.97 Å². The molecule has 2 aromatic rings. The molecule has 0 bridgehead atoms. The summed E-state index contributed by atoms with van der Waals surface area (Å²) in [6, 6.07) is 7.42. The molecule has 24 heavy (non-hydrogen) atoms. The standard InChI is InChI=1S/C17H19N3O3S/c1-3-8-24-17-19-15-14(16(22)20-17)12(9-13(21)18-15)10-4-6-11(23-2)7-5-10/h4-7,12H,3,8-9H2,1-2H3,(H2,18,19,20,21,22)/t12-/m1/s1. The molecular formula is C17H19N3O3S. The number of ether oxygens (including phenoxy) is 1. The number of aromatic nitrogens is 2. The van der Waals surface area contributed by atoms with Gasteiger partial charge in [0.05, 0.1) is 12.7 Å². The minimum Gasteiger partial charge on any atom is -0.497 e. The Morgan fingerprint density at radius 3 is 2.71 bits per heavy atom. The normalized spacial score (nSPS) is 16.4. The largest absolute Gasteiger partial charge is 0.497 e. The van der Waals surface area contributed by atoms with Gasteiger partial charge in [-0.05, 0) is 24.1 Å². The lowest BCUT2D eigenvalue weighted by molar-refractivity contribution is -0.116. The van der Waals surface area contributed by atoms with Gasteiger partial charge in [-0.15, -0.1) is 0 Å². The number of thioether (sulfide) groups is 1. The Morgan fingerprint density at radius 2 is 2.04 bits per heavy atom. The SMILES string of the molecule is CCCSc1nc2c(c(=O)[nH]1)[C@@H](c1ccc(OC)cc1)CC(=O)N2. The van der Waals surface area contributed by atoms with Gasteiger partial charge in [0.1, 0.15) is 11.6 Å². The van der Waals surface area contributed by atoms with Crippen LogP contribution in [-0.4, -0.2) is 28.7 Å². The predicted molar refractivity (Wildman–Crippen MR) is 94.0 cm³/mol. The lowest BCUT2D eigenvalue weighted by Gasteiger charge is -2.24. The van der Waals surface area contributed by atoms with Crippen molar-refractivity contribution >= 4 is 23.5 Å². The fourth-order valence-corrected chi connectivity index (χ4v) is 3.46. The smallest absolute Gasteiger partial charge is 0.257 e. The van der Waals surface area contributed by atoms with Crippen molar-refractivity contribution in [1.29, 1.82) is 0 Å². The summed E-state index contributed by atoms with van der Waals surface area (Å²) >= 11 is 1.48. The van der Waals surface area contributed by atoms with Crippen molar-refractivity contribution in [2.45, 2.75) is 30.8 Å². The molecule has 1 aromatic heterocycles. The lowest BCUT2D eigenvalue weighted by Crippen LogP contribution is -2.31. The summed E-state index contributed by atoms with van der Waals surface area (Å²) in [5, 5.41) is 3.27. The molecule has 0 saturated heterocycles. The summed E-state index contributed by atoms with van der Waals surface area (Å²) in [7, 11) is 1.60. The molecule has 1 aliphatic rings. The third kappa shape index (κ3) is 3.31. The topological polar surface area (TPSA) is 84.1 Å². The fourth-order valence-electron chi connectivity index (χ4n) is 2.74. The van der Waals surface area contributed by atoms with Crippen LogP contribution >= 0.6 is 11.8 Å². The number of carbonyl (C=O) groups excluding carboxylic acids is 1. The predicted octanol–water partition coefficient (Wildman–Crippen LogP) is 2.75. The third-order valence-corrected chi connectivity index (χ3v) is 4.97. The Balaban J connectivity index is 2.02. The molecule has 3 rings (SSSR count). The molecule has 1 amide bonds. The molecule has 0 saturated carbocycles. The third-order valence-electron chi connectivity index (χ3n) is 3.89. The molecular weight excluding hydrogens is 326 g/mol. The lowest BCUT2D eigenvalue weighted by atomic mass is 9.87. The molecule has 0 radical (unpaired) electrons. The molecule has 2 heterocycles. The first kappa shape index (κ1) is 16.6. The van der Waals surface area contributed by atoms with E-state index in [4.69, 9.17) is 4.74 Å². The van der Waals surface area contributed by atoms with Crippen molar-refractivity contribution in [3.8, 4) is 5.75 Å². The maximum absolute atomic E-state index is 12.6. The zero-order valence-corrected chi connectivity index (χ0v) is 14.4. The maximum Gasteiger partial charge on any atom is 0.257 e. The van der Waals surface area contributed by atoms with Gasteiger partial charge >= 0.3 is 0 Å². The van der Waals surface area contributed by atoms with Crippen molar-refractivity contribution in [2.24, 2.45) is 0 Å². The summed E-state index contributed by atoms with van der Waals surface area (Å²) in [6.07, 6.45) is 1.21. The van der Waals surface area contributed by atoms with Crippen LogP contribution in [0.1, 0.15) is 36.8 Å². The Hall–Kier alpha value is -2.28. The number of aromatic amines is 1. The van der Waals surface area contributed by atoms with Gasteiger partial charge in [0, 0.05) is 18.1 Å². The number of nitrogens with zero attached hydrogens (tertiary/aromatic N) is 1. The van der Waals surface area contributed by atoms with E-state index in [1.165, 1.54) is 11.8 Å². The summed E-state index contributed by atoms with van der Waals surface area (Å²) in [4.78, 5) is 31.9. The molecule has 0 unspecified atom stereocenters. The van der Waals surface area contributed by atoms with E-state index in [1.807, 2.05) is 24.3 Å². The molecule has 1 aliphatic heterocycles. The summed E-state index contributed by atoms with van der Waals surface area (Å²) in [5.74, 6) is 1.53. The highest BCUT2D eigenvalue weighted by atomic mass is 32.2. The molecule has 6 nitrogen and oxygen atoms in total. The van der Waals surface area contributed by atoms with Crippen LogP contribution < -0.4 is 15.6 Å². The highest BCUT2D eigenvalue weighted by molar-refractivity contribution is 7.99. The van der Waals surface area contributed by atoms with Gasteiger partial charge < -0.3 is 15.0 Å². The average molecular weight is 345 g/mol. The average Bonchev–Trinajstić information content (AvgIpc) is 2.59. The van der Waals surface area contributed by atoms with Crippen LogP contribution in [0.4, 0.5) is 5.82 Å². The number of methoxy groups -OCH3 is 1. The number of rotatable bonds is 5. The van der Waals surface area contributed by atoms with Crippen LogP contribution in [0.3, 0.4) is 0 Å². The van der Waals surface area contributed by atoms with Crippen molar-refractivity contribution < 1.29 is 9.53 Å². The quantitative estimate of drug-likeness (QED) is 0.643. The number of nitrogens with one attached hydrogen (secondary N) is 2. The molecule has 2 N–H and O–H groups in total. The molecule has 126 valence electrons. The van der Waals surface area contributed by atoms with Gasteiger partial charge in [-0.2, -0.15) is 0 Å². The van der Waals surface area contributed by atoms with E-state index in [2.05, 4.69) is 22.2 Å². The Labute approximate surface area is 144 Å². The molecule has 0 spiro atoms. The second-order valence-corrected chi connectivity index (χ2v) is 6.64. The van der Waals surface area contributed by atoms with Gasteiger partial charge in [0.25, 0.3) is 5.56 Å². The van der Waals surface area contributed by atoms with Gasteiger partial charge in [-0.1, -0.05) is 30.8 Å². The van der Waals surface area contributed by atoms with Crippen molar-refractivity contribution in [3.05, 3.63) is 45.7 Å². The molecule has 1 aromatic carbocycles. The van der Waals surface area contributed by atoms with E-state index in [-0.39, 0.29) is 23.8 Å². The Kier molecular flexibility index (Phi) is 4.89. The first-order valence-electron chi connectivity index (χ1n) is 7.83. The van der Waals surface area contributed by atoms with Crippen molar-refractivity contribution in [2.75, 3.05) is 18.2 Å². The Morgan fingerprint density at radius 1 is 1.29 bits per heavy atom. The monoisotopic (exact) mass is 345 g/mol. The number of fused-ring (bicyclic) bond motifs is 1. The number of amides is 1. The molecule has 0 aliphatic carbocycles. The van der Waals surface area contributed by atoms with E-state index in [9.17, 15) is 9.59 Å². The van der Waals surface area contributed by atoms with E-state index in [0.29, 0.717) is 16.5 Å². The number of carbonyl (C=O) groups is 1. The highest BCUT2D eigenvalue weighted by Gasteiger charge is 2.30. The second kappa shape index (κ2) is 7.09. The molecule has 7 heteroatoms. The van der Waals surface area contributed by atoms with Crippen LogP contribution in [0, 0.1) is 0 Å². The minimum atomic E-state index is -0.305. The zero-order chi connectivity index (χ0) is 17.1. The second-order valence-electron chi connectivity index (χ2n) is 5.56. The van der Waals surface area contributed by atoms with Crippen LogP contribution in [0.15, 0.2) is 34.2 Å². The summed E-state index contributed by atoms with van der Waals surface area (Å²) in [6.45, 7) is 2.06. The van der Waals surface area contributed by atoms with Gasteiger partial charge in [0.15, 0.2) is 5.16 Å². The maximum atomic E-state index is 12.6. The number of hydrogen-bond acceptors (Lipinski definition) is 5. The van der Waals surface area contributed by atoms with E-state index in [0.717, 1.165) is 23.5 Å². The zero-order valence-electron chi connectivity index (χ0n) is 13.6. The van der Waals surface area contributed by atoms with Gasteiger partial charge in [-0.25, -0.2) is 4.98 Å². The fraction of sp³-hybridized carbons (Fsp3) is 0.353. The van der Waals surface area contributed by atoms with Crippen LogP contribution in [0.25, 0.3) is 0 Å². The number of H-pyrrole nitrogens is 1. The first-order valence-corrected chi connectivity index (χ1v) is 8.81. The number of anilines is 1. The van der Waals surface area contributed by atoms with Crippen molar-refractivity contribution in [3.63, 3.8) is 0 Å².